The number of benzene rings is 1. The molecule has 0 unspecified atom stereocenters. The van der Waals surface area contributed by atoms with E-state index in [2.05, 4.69) is 12.2 Å². The molecule has 9 nitrogen and oxygen atoms in total. The molecule has 3 saturated carbocycles. The Hall–Kier alpha value is -3.33. The number of ether oxygens (including phenoxy) is 1. The van der Waals surface area contributed by atoms with Gasteiger partial charge in [0.25, 0.3) is 0 Å². The van der Waals surface area contributed by atoms with Crippen LogP contribution in [0.15, 0.2) is 42.0 Å². The number of carbonyl (C=O) groups excluding carboxylic acids is 4. The molecule has 0 bridgehead atoms. The lowest BCUT2D eigenvalue weighted by molar-refractivity contribution is -0.170. The van der Waals surface area contributed by atoms with E-state index in [0.717, 1.165) is 37.7 Å². The Labute approximate surface area is 252 Å². The summed E-state index contributed by atoms with van der Waals surface area (Å²) in [4.78, 5) is 62.0. The third-order valence-electron chi connectivity index (χ3n) is 11.4. The number of esters is 1. The summed E-state index contributed by atoms with van der Waals surface area (Å²) in [5.41, 5.74) is -0.187. The van der Waals surface area contributed by atoms with Crippen LogP contribution in [0.3, 0.4) is 0 Å². The average Bonchev–Trinajstić information content (AvgIpc) is 3.26. The molecule has 4 aliphatic rings. The number of aliphatic carboxylic acids is 1. The van der Waals surface area contributed by atoms with Gasteiger partial charge in [0.1, 0.15) is 11.6 Å². The van der Waals surface area contributed by atoms with Crippen LogP contribution in [0, 0.1) is 28.6 Å². The van der Waals surface area contributed by atoms with Crippen molar-refractivity contribution in [1.29, 1.82) is 0 Å². The summed E-state index contributed by atoms with van der Waals surface area (Å²) in [5, 5.41) is 23.8. The summed E-state index contributed by atoms with van der Waals surface area (Å²) >= 11 is 0. The van der Waals surface area contributed by atoms with Gasteiger partial charge in [0.15, 0.2) is 12.4 Å². The molecule has 4 aliphatic carbocycles. The maximum atomic E-state index is 13.4. The monoisotopic (exact) mass is 593 g/mol. The number of amides is 1. The second kappa shape index (κ2) is 12.0. The fraction of sp³-hybridized carbons (Fsp3) is 0.618. The van der Waals surface area contributed by atoms with Gasteiger partial charge in [-0.1, -0.05) is 49.8 Å². The number of fused-ring (bicyclic) bond motifs is 5. The summed E-state index contributed by atoms with van der Waals surface area (Å²) in [6, 6.07) is 7.78. The predicted octanol–water partition coefficient (Wildman–Crippen LogP) is 3.95. The van der Waals surface area contributed by atoms with Gasteiger partial charge >= 0.3 is 11.9 Å². The second-order valence-corrected chi connectivity index (χ2v) is 13.6. The Kier molecular flexibility index (Phi) is 8.67. The van der Waals surface area contributed by atoms with Gasteiger partial charge in [0, 0.05) is 24.7 Å². The van der Waals surface area contributed by atoms with Crippen LogP contribution in [0.4, 0.5) is 0 Å². The molecule has 5 rings (SSSR count). The number of aliphatic hydroxyl groups is 1. The van der Waals surface area contributed by atoms with Crippen molar-refractivity contribution in [3.63, 3.8) is 0 Å². The number of hydrogen-bond donors (Lipinski definition) is 3. The molecule has 232 valence electrons. The van der Waals surface area contributed by atoms with Crippen LogP contribution in [0.25, 0.3) is 0 Å². The van der Waals surface area contributed by atoms with Gasteiger partial charge in [-0.2, -0.15) is 0 Å². The maximum absolute atomic E-state index is 13.4. The quantitative estimate of drug-likeness (QED) is 0.346. The number of Topliss-reactive ketones (excluding diaryl/α,β-unsaturated/α-hetero) is 1. The Balaban J connectivity index is 1.14. The van der Waals surface area contributed by atoms with Crippen molar-refractivity contribution in [2.75, 3.05) is 6.61 Å². The normalized spacial score (nSPS) is 33.7. The molecule has 9 heteroatoms. The van der Waals surface area contributed by atoms with E-state index in [1.54, 1.807) is 24.3 Å². The van der Waals surface area contributed by atoms with Crippen molar-refractivity contribution < 1.29 is 38.9 Å². The molecule has 0 heterocycles. The van der Waals surface area contributed by atoms with Crippen LogP contribution in [0.1, 0.15) is 83.6 Å². The minimum Gasteiger partial charge on any atom is -0.480 e. The standard InChI is InChI=1S/C34H43NO8/c1-32-15-12-23(36)19-22(32)8-9-24-25(32)13-16-33(2)26(24)14-17-34(33,42)28(37)20-43-30(39)11-10-29(38)35-27(31(40)41)18-21-6-4-3-5-7-21/h3-7,19,24-27,42H,8-18,20H2,1-2H3,(H,35,38)(H,40,41)/t24-,25-,26-,27+,32-,33+,34-/m0/s1. The summed E-state index contributed by atoms with van der Waals surface area (Å²) in [7, 11) is 0. The molecular formula is C34H43NO8. The summed E-state index contributed by atoms with van der Waals surface area (Å²) in [5.74, 6) is -1.85. The van der Waals surface area contributed by atoms with E-state index < -0.39 is 47.3 Å². The summed E-state index contributed by atoms with van der Waals surface area (Å²) in [6.45, 7) is 3.74. The highest BCUT2D eigenvalue weighted by molar-refractivity contribution is 5.92. The topological polar surface area (TPSA) is 147 Å². The van der Waals surface area contributed by atoms with E-state index in [-0.39, 0.29) is 36.4 Å². The smallest absolute Gasteiger partial charge is 0.326 e. The third-order valence-corrected chi connectivity index (χ3v) is 11.4. The minimum absolute atomic E-state index is 0.00325. The number of carboxylic acid groups (broad SMARTS) is 1. The van der Waals surface area contributed by atoms with Crippen LogP contribution < -0.4 is 5.32 Å². The summed E-state index contributed by atoms with van der Waals surface area (Å²) < 4.78 is 5.22. The van der Waals surface area contributed by atoms with E-state index >= 15 is 0 Å². The van der Waals surface area contributed by atoms with Crippen molar-refractivity contribution >= 4 is 29.4 Å². The molecule has 0 aromatic heterocycles. The van der Waals surface area contributed by atoms with Crippen LogP contribution in [0.2, 0.25) is 0 Å². The molecule has 1 amide bonds. The molecule has 1 aromatic rings. The minimum atomic E-state index is -1.59. The van der Waals surface area contributed by atoms with Gasteiger partial charge in [-0.25, -0.2) is 4.79 Å². The van der Waals surface area contributed by atoms with Crippen molar-refractivity contribution in [2.45, 2.75) is 96.1 Å². The molecule has 1 aromatic carbocycles. The highest BCUT2D eigenvalue weighted by atomic mass is 16.5. The lowest BCUT2D eigenvalue weighted by Crippen LogP contribution is -2.58. The third kappa shape index (κ3) is 5.80. The molecule has 0 radical (unpaired) electrons. The van der Waals surface area contributed by atoms with E-state index in [1.807, 2.05) is 19.1 Å². The number of carboxylic acids is 1. The van der Waals surface area contributed by atoms with Crippen molar-refractivity contribution in [1.82, 2.24) is 5.32 Å². The van der Waals surface area contributed by atoms with Gasteiger partial charge in [-0.15, -0.1) is 0 Å². The Morgan fingerprint density at radius 2 is 1.70 bits per heavy atom. The fourth-order valence-electron chi connectivity index (χ4n) is 8.90. The number of carbonyl (C=O) groups is 5. The van der Waals surface area contributed by atoms with Gasteiger partial charge in [-0.3, -0.25) is 19.2 Å². The Bertz CT molecular complexity index is 1320. The highest BCUT2D eigenvalue weighted by Crippen LogP contribution is 2.67. The molecule has 3 N–H and O–H groups in total. The van der Waals surface area contributed by atoms with Crippen LogP contribution in [0.5, 0.6) is 0 Å². The first kappa shape index (κ1) is 31.1. The molecule has 0 spiro atoms. The van der Waals surface area contributed by atoms with E-state index in [9.17, 15) is 34.2 Å². The second-order valence-electron chi connectivity index (χ2n) is 13.6. The highest BCUT2D eigenvalue weighted by Gasteiger charge is 2.66. The lowest BCUT2D eigenvalue weighted by Gasteiger charge is -2.58. The average molecular weight is 594 g/mol. The zero-order valence-electron chi connectivity index (χ0n) is 25.1. The van der Waals surface area contributed by atoms with E-state index in [1.165, 1.54) is 5.57 Å². The molecule has 0 aliphatic heterocycles. The van der Waals surface area contributed by atoms with Crippen LogP contribution in [-0.2, 0) is 35.1 Å². The molecular weight excluding hydrogens is 550 g/mol. The van der Waals surface area contributed by atoms with E-state index in [4.69, 9.17) is 4.74 Å². The number of rotatable bonds is 10. The number of hydrogen-bond acceptors (Lipinski definition) is 7. The van der Waals surface area contributed by atoms with Gasteiger partial charge in [-0.05, 0) is 79.8 Å². The maximum Gasteiger partial charge on any atom is 0.326 e. The van der Waals surface area contributed by atoms with Crippen LogP contribution in [-0.4, -0.2) is 57.9 Å². The first-order chi connectivity index (χ1) is 20.4. The van der Waals surface area contributed by atoms with Gasteiger partial charge in [0.05, 0.1) is 6.42 Å². The van der Waals surface area contributed by atoms with Crippen molar-refractivity contribution in [3.8, 4) is 0 Å². The predicted molar refractivity (Wildman–Crippen MR) is 157 cm³/mol. The first-order valence-electron chi connectivity index (χ1n) is 15.6. The Morgan fingerprint density at radius 1 is 0.977 bits per heavy atom. The van der Waals surface area contributed by atoms with Crippen molar-refractivity contribution in [2.24, 2.45) is 28.6 Å². The molecule has 7 atom stereocenters. The number of nitrogens with one attached hydrogen (secondary N) is 1. The van der Waals surface area contributed by atoms with Gasteiger partial charge < -0.3 is 20.3 Å². The first-order valence-corrected chi connectivity index (χ1v) is 15.6. The lowest BCUT2D eigenvalue weighted by atomic mass is 9.46. The largest absolute Gasteiger partial charge is 0.480 e. The molecule has 43 heavy (non-hydrogen) atoms. The molecule has 0 saturated heterocycles. The zero-order valence-corrected chi connectivity index (χ0v) is 25.1. The summed E-state index contributed by atoms with van der Waals surface area (Å²) in [6.07, 6.45) is 7.30. The number of allylic oxidation sites excluding steroid dienone is 1. The Morgan fingerprint density at radius 3 is 2.42 bits per heavy atom. The number of ketones is 2. The molecule has 3 fully saturated rings. The van der Waals surface area contributed by atoms with Crippen LogP contribution >= 0.6 is 0 Å². The van der Waals surface area contributed by atoms with E-state index in [0.29, 0.717) is 31.1 Å². The zero-order chi connectivity index (χ0) is 31.0. The SMILES string of the molecule is C[C@]12CCC(=O)C=C1CC[C@H]1[C@@H]2CC[C@]2(C)[C@H]1CC[C@]2(O)C(=O)COC(=O)CCC(=O)N[C@H](Cc1ccccc1)C(=O)O. The fourth-order valence-corrected chi connectivity index (χ4v) is 8.90. The van der Waals surface area contributed by atoms with Crippen molar-refractivity contribution in [3.05, 3.63) is 47.5 Å². The van der Waals surface area contributed by atoms with Gasteiger partial charge in [0.2, 0.25) is 11.7 Å².